The Balaban J connectivity index is 1.68. The Labute approximate surface area is 365 Å². The molecule has 10 N–H and O–H groups in total. The van der Waals surface area contributed by atoms with Crippen molar-refractivity contribution < 1.29 is 89.2 Å². The maximum atomic E-state index is 12.7. The smallest absolute Gasteiger partial charge is 0.450 e. The molecule has 3 unspecified atom stereocenters. The molecule has 0 saturated carbocycles. The molecule has 62 heavy (non-hydrogen) atoms. The Morgan fingerprint density at radius 2 is 1.68 bits per heavy atom. The number of rotatable bonds is 30. The van der Waals surface area contributed by atoms with Crippen molar-refractivity contribution in [2.45, 2.75) is 69.6 Å². The molecule has 0 aliphatic carbocycles. The van der Waals surface area contributed by atoms with Crippen molar-refractivity contribution in [2.75, 3.05) is 84.3 Å². The van der Waals surface area contributed by atoms with Gasteiger partial charge in [0, 0.05) is 37.1 Å². The number of unbranched alkanes of at least 4 members (excludes halogenated alkanes) is 1. The third kappa shape index (κ3) is 24.6. The first kappa shape index (κ1) is 55.8. The first-order chi connectivity index (χ1) is 29.2. The molecule has 31 heteroatoms. The quantitative estimate of drug-likeness (QED) is 0.0179. The van der Waals surface area contributed by atoms with Crippen molar-refractivity contribution in [3.8, 4) is 11.8 Å². The fraction of sp³-hybridized carbons (Fsp3) is 0.742. The van der Waals surface area contributed by atoms with Crippen molar-refractivity contribution >= 4 is 63.1 Å². The van der Waals surface area contributed by atoms with Gasteiger partial charge in [-0.25, -0.2) is 28.1 Å². The number of hydrogen-bond donors (Lipinski definition) is 8. The van der Waals surface area contributed by atoms with Gasteiger partial charge < -0.3 is 74.8 Å². The van der Waals surface area contributed by atoms with Gasteiger partial charge in [-0.2, -0.15) is 13.6 Å². The molecule has 1 aromatic heterocycles. The molecule has 356 valence electrons. The number of carbonyl (C=O) groups is 2. The number of alkyl carbamates (subject to hydrolysis) is 2. The minimum absolute atomic E-state index is 0.0668. The standard InChI is InChI=1S/C31H55N6O20P3S2/c1-4-48-16-17-49-15-11-35-30(40)52-14-9-31(2,3)62-61-22-50-12-5-6-13-51-29(39)34-10-7-8-23-19-37(28(38)36-27(23)33)26-18-24(53-21-32)25(55-26)20-54-59(44,45)57-60(46,47)56-58(41,42)43/h19,24-26H,4-6,9-18,20-22,32H2,1-3H3,(H,34,39)(H,35,40)(H,44,45)(H,46,47)(H2,33,36,38)(H2,41,42,43)/t24-,25?,26-/m1/s1. The van der Waals surface area contributed by atoms with Crippen LogP contribution in [0.4, 0.5) is 15.4 Å². The molecular weight excluding hydrogens is 933 g/mol. The highest BCUT2D eigenvalue weighted by Gasteiger charge is 2.43. The second-order valence-electron chi connectivity index (χ2n) is 13.0. The first-order valence-electron chi connectivity index (χ1n) is 18.6. The molecule has 1 aliphatic heterocycles. The van der Waals surface area contributed by atoms with E-state index in [1.165, 1.54) is 17.0 Å². The number of hydrogen-bond acceptors (Lipinski definition) is 21. The second-order valence-corrected chi connectivity index (χ2v) is 20.3. The fourth-order valence-electron chi connectivity index (χ4n) is 4.70. The van der Waals surface area contributed by atoms with Crippen LogP contribution in [0.3, 0.4) is 0 Å². The largest absolute Gasteiger partial charge is 0.490 e. The molecule has 1 saturated heterocycles. The van der Waals surface area contributed by atoms with Gasteiger partial charge in [-0.05, 0) is 40.0 Å². The van der Waals surface area contributed by atoms with Crippen molar-refractivity contribution in [1.82, 2.24) is 20.2 Å². The number of anilines is 1. The Bertz CT molecular complexity index is 1820. The van der Waals surface area contributed by atoms with Crippen LogP contribution < -0.4 is 27.8 Å². The van der Waals surface area contributed by atoms with E-state index in [1.54, 1.807) is 10.8 Å². The molecule has 2 amide bonds. The number of nitrogens with two attached hydrogens (primary N) is 2. The normalized spacial score (nSPS) is 18.5. The van der Waals surface area contributed by atoms with Crippen LogP contribution >= 0.6 is 45.1 Å². The van der Waals surface area contributed by atoms with E-state index in [4.69, 9.17) is 54.4 Å². The van der Waals surface area contributed by atoms with Crippen molar-refractivity contribution in [3.63, 3.8) is 0 Å². The van der Waals surface area contributed by atoms with Crippen LogP contribution in [0.25, 0.3) is 0 Å². The van der Waals surface area contributed by atoms with E-state index in [1.807, 2.05) is 20.8 Å². The number of aromatic nitrogens is 2. The summed E-state index contributed by atoms with van der Waals surface area (Å²) in [5.41, 5.74) is 10.5. The maximum absolute atomic E-state index is 12.7. The molecule has 1 aromatic rings. The zero-order valence-corrected chi connectivity index (χ0v) is 38.5. The van der Waals surface area contributed by atoms with Crippen LogP contribution in [0.15, 0.2) is 11.0 Å². The summed E-state index contributed by atoms with van der Waals surface area (Å²) < 4.78 is 85.1. The van der Waals surface area contributed by atoms with E-state index >= 15 is 0 Å². The van der Waals surface area contributed by atoms with Crippen LogP contribution in [0, 0.1) is 11.8 Å². The molecule has 0 spiro atoms. The Kier molecular flexibility index (Phi) is 25.7. The number of nitrogens with zero attached hydrogens (tertiary/aromatic N) is 2. The van der Waals surface area contributed by atoms with Crippen molar-refractivity contribution in [3.05, 3.63) is 22.2 Å². The molecule has 0 radical (unpaired) electrons. The maximum Gasteiger partial charge on any atom is 0.490 e. The van der Waals surface area contributed by atoms with E-state index < -0.39 is 66.4 Å². The van der Waals surface area contributed by atoms with E-state index in [9.17, 15) is 37.9 Å². The lowest BCUT2D eigenvalue weighted by molar-refractivity contribution is -0.0601. The van der Waals surface area contributed by atoms with E-state index in [0.29, 0.717) is 64.8 Å². The van der Waals surface area contributed by atoms with Gasteiger partial charge in [-0.3, -0.25) is 9.09 Å². The lowest BCUT2D eigenvalue weighted by Gasteiger charge is -2.22. The molecule has 1 aliphatic rings. The Morgan fingerprint density at radius 3 is 2.39 bits per heavy atom. The molecule has 0 aromatic carbocycles. The lowest BCUT2D eigenvalue weighted by atomic mass is 10.1. The Morgan fingerprint density at radius 1 is 0.984 bits per heavy atom. The van der Waals surface area contributed by atoms with Crippen LogP contribution in [0.1, 0.15) is 58.2 Å². The predicted molar refractivity (Wildman–Crippen MR) is 222 cm³/mol. The summed E-state index contributed by atoms with van der Waals surface area (Å²) in [5.74, 6) is 5.54. The summed E-state index contributed by atoms with van der Waals surface area (Å²) in [7, 11) is -13.7. The number of phosphoric ester groups is 1. The second kappa shape index (κ2) is 28.5. The number of carbonyl (C=O) groups excluding carboxylic acids is 2. The van der Waals surface area contributed by atoms with E-state index in [-0.39, 0.29) is 49.0 Å². The van der Waals surface area contributed by atoms with Gasteiger partial charge in [0.2, 0.25) is 0 Å². The number of nitrogen functional groups attached to an aromatic ring is 1. The summed E-state index contributed by atoms with van der Waals surface area (Å²) in [6.45, 7) is 7.77. The number of amides is 2. The third-order valence-electron chi connectivity index (χ3n) is 7.51. The van der Waals surface area contributed by atoms with Gasteiger partial charge in [-0.15, -0.1) is 0 Å². The average Bonchev–Trinajstić information content (AvgIpc) is 3.56. The van der Waals surface area contributed by atoms with Crippen molar-refractivity contribution in [1.29, 1.82) is 0 Å². The molecular formula is C31H55N6O20P3S2. The van der Waals surface area contributed by atoms with Gasteiger partial charge >= 0.3 is 41.3 Å². The third-order valence-corrected chi connectivity index (χ3v) is 14.3. The van der Waals surface area contributed by atoms with Crippen molar-refractivity contribution in [2.24, 2.45) is 5.73 Å². The summed E-state index contributed by atoms with van der Waals surface area (Å²) in [6, 6.07) is 0. The monoisotopic (exact) mass is 988 g/mol. The summed E-state index contributed by atoms with van der Waals surface area (Å²) in [5, 5.41) is 5.10. The summed E-state index contributed by atoms with van der Waals surface area (Å²) in [4.78, 5) is 76.9. The molecule has 5 atom stereocenters. The predicted octanol–water partition coefficient (Wildman–Crippen LogP) is 1.92. The van der Waals surface area contributed by atoms with Crippen LogP contribution in [0.2, 0.25) is 0 Å². The fourth-order valence-corrected chi connectivity index (χ4v) is 10.0. The molecule has 0 bridgehead atoms. The molecule has 1 fully saturated rings. The Hall–Kier alpha value is -2.35. The zero-order valence-electron chi connectivity index (χ0n) is 34.2. The molecule has 26 nitrogen and oxygen atoms in total. The van der Waals surface area contributed by atoms with Gasteiger partial charge in [0.25, 0.3) is 0 Å². The summed E-state index contributed by atoms with van der Waals surface area (Å²) >= 11 is 0. The topological polar surface area (TPSA) is 370 Å². The van der Waals surface area contributed by atoms with Gasteiger partial charge in [0.15, 0.2) is 0 Å². The summed E-state index contributed by atoms with van der Waals surface area (Å²) in [6.07, 6.45) is -1.63. The highest BCUT2D eigenvalue weighted by molar-refractivity contribution is 8.77. The minimum Gasteiger partial charge on any atom is -0.450 e. The average molecular weight is 989 g/mol. The number of phosphoric acid groups is 3. The highest BCUT2D eigenvalue weighted by atomic mass is 33.1. The molecule has 2 heterocycles. The van der Waals surface area contributed by atoms with Gasteiger partial charge in [0.05, 0.1) is 64.6 Å². The van der Waals surface area contributed by atoms with Gasteiger partial charge in [0.1, 0.15) is 24.1 Å². The van der Waals surface area contributed by atoms with Crippen LogP contribution in [-0.4, -0.2) is 137 Å². The van der Waals surface area contributed by atoms with Crippen LogP contribution in [-0.2, 0) is 60.0 Å². The lowest BCUT2D eigenvalue weighted by Crippen LogP contribution is -2.31. The molecule has 2 rings (SSSR count). The zero-order chi connectivity index (χ0) is 46.2. The van der Waals surface area contributed by atoms with Gasteiger partial charge in [-0.1, -0.05) is 33.4 Å². The first-order valence-corrected chi connectivity index (χ1v) is 25.5. The van der Waals surface area contributed by atoms with E-state index in [2.05, 4.69) is 40.6 Å². The van der Waals surface area contributed by atoms with Crippen LogP contribution in [0.5, 0.6) is 0 Å². The van der Waals surface area contributed by atoms with E-state index in [0.717, 1.165) is 4.57 Å². The number of ether oxygens (including phenoxy) is 7. The number of nitrogens with one attached hydrogen (secondary N) is 2. The minimum atomic E-state index is -5.76. The highest BCUT2D eigenvalue weighted by Crippen LogP contribution is 2.66. The SMILES string of the molecule is CCOCCOCCNC(=O)OCCC(C)(C)SSCOCCCCOC(=O)NCC#Cc1cn([C@H]2C[C@@H](OCN)C(COP(=O)(O)OP(=O)(O)OP(=O)(O)O)O2)c(=O)nc1N.